The number of rotatable bonds is 5. The van der Waals surface area contributed by atoms with Crippen LogP contribution in [-0.4, -0.2) is 22.5 Å². The molecule has 0 saturated carbocycles. The maximum atomic E-state index is 5.74. The van der Waals surface area contributed by atoms with Crippen LogP contribution < -0.4 is 10.5 Å². The second kappa shape index (κ2) is 6.06. The molecule has 0 fully saturated rings. The van der Waals surface area contributed by atoms with Crippen molar-refractivity contribution < 1.29 is 4.74 Å². The average Bonchev–Trinajstić information content (AvgIpc) is 2.73. The smallest absolute Gasteiger partial charge is 0.221 e. The Bertz CT molecular complexity index is 643. The third kappa shape index (κ3) is 3.47. The molecule has 0 aliphatic carbocycles. The molecule has 5 heteroatoms. The number of imidazole rings is 1. The van der Waals surface area contributed by atoms with Crippen LogP contribution in [0.25, 0.3) is 0 Å². The molecule has 1 aromatic carbocycles. The van der Waals surface area contributed by atoms with Crippen molar-refractivity contribution >= 4 is 12.2 Å². The standard InChI is InChI=1S/C15H18N4O/c1-11(2)10-20-14-7-5-4-6-13(14)8-17-19-9-12(3)18-15(19)16/h4-9H,1,10H2,2-3H3,(H2,16,18). The summed E-state index contributed by atoms with van der Waals surface area (Å²) in [7, 11) is 0. The SMILES string of the molecule is C=C(C)COc1ccccc1C=Nn1cc(C)nc1N. The summed E-state index contributed by atoms with van der Waals surface area (Å²) in [5.41, 5.74) is 8.40. The topological polar surface area (TPSA) is 65.4 Å². The van der Waals surface area contributed by atoms with E-state index in [0.29, 0.717) is 12.6 Å². The summed E-state index contributed by atoms with van der Waals surface area (Å²) in [6.45, 7) is 8.09. The molecule has 2 N–H and O–H groups in total. The Hall–Kier alpha value is -2.56. The number of ether oxygens (including phenoxy) is 1. The molecule has 104 valence electrons. The normalized spacial score (nSPS) is 10.9. The molecule has 2 aromatic rings. The van der Waals surface area contributed by atoms with Crippen LogP contribution >= 0.6 is 0 Å². The predicted molar refractivity (Wildman–Crippen MR) is 81.1 cm³/mol. The molecule has 1 aromatic heterocycles. The zero-order valence-electron chi connectivity index (χ0n) is 11.7. The van der Waals surface area contributed by atoms with E-state index in [9.17, 15) is 0 Å². The van der Waals surface area contributed by atoms with Crippen molar-refractivity contribution in [3.63, 3.8) is 0 Å². The number of para-hydroxylation sites is 1. The summed E-state index contributed by atoms with van der Waals surface area (Å²) in [5, 5.41) is 4.29. The molecular formula is C15H18N4O. The number of nitrogens with two attached hydrogens (primary N) is 1. The van der Waals surface area contributed by atoms with E-state index in [2.05, 4.69) is 16.7 Å². The van der Waals surface area contributed by atoms with E-state index in [1.807, 2.05) is 38.1 Å². The van der Waals surface area contributed by atoms with Gasteiger partial charge in [0.25, 0.3) is 0 Å². The quantitative estimate of drug-likeness (QED) is 0.671. The van der Waals surface area contributed by atoms with E-state index in [4.69, 9.17) is 10.5 Å². The number of aryl methyl sites for hydroxylation is 1. The number of benzene rings is 1. The Morgan fingerprint density at radius 1 is 1.50 bits per heavy atom. The second-order valence-electron chi connectivity index (χ2n) is 4.61. The first-order valence-electron chi connectivity index (χ1n) is 6.28. The molecule has 2 rings (SSSR count). The van der Waals surface area contributed by atoms with Gasteiger partial charge in [-0.1, -0.05) is 18.7 Å². The van der Waals surface area contributed by atoms with Gasteiger partial charge in [0.2, 0.25) is 5.95 Å². The number of anilines is 1. The van der Waals surface area contributed by atoms with Crippen LogP contribution in [0.1, 0.15) is 18.2 Å². The summed E-state index contributed by atoms with van der Waals surface area (Å²) >= 11 is 0. The van der Waals surface area contributed by atoms with Crippen LogP contribution in [0.15, 0.2) is 47.7 Å². The van der Waals surface area contributed by atoms with Gasteiger partial charge in [-0.3, -0.25) is 0 Å². The lowest BCUT2D eigenvalue weighted by molar-refractivity contribution is 0.352. The van der Waals surface area contributed by atoms with Gasteiger partial charge in [-0.15, -0.1) is 0 Å². The Morgan fingerprint density at radius 3 is 2.90 bits per heavy atom. The van der Waals surface area contributed by atoms with E-state index in [1.165, 1.54) is 4.68 Å². The molecule has 0 atom stereocenters. The summed E-state index contributed by atoms with van der Waals surface area (Å²) in [4.78, 5) is 4.09. The highest BCUT2D eigenvalue weighted by Crippen LogP contribution is 2.17. The summed E-state index contributed by atoms with van der Waals surface area (Å²) in [5.74, 6) is 1.12. The highest BCUT2D eigenvalue weighted by molar-refractivity contribution is 5.83. The minimum Gasteiger partial charge on any atom is -0.489 e. The Balaban J connectivity index is 2.20. The van der Waals surface area contributed by atoms with Crippen molar-refractivity contribution in [2.24, 2.45) is 5.10 Å². The van der Waals surface area contributed by atoms with Crippen molar-refractivity contribution in [3.05, 3.63) is 53.9 Å². The molecule has 0 aliphatic rings. The number of hydrogen-bond donors (Lipinski definition) is 1. The Labute approximate surface area is 118 Å². The van der Waals surface area contributed by atoms with Crippen molar-refractivity contribution in [2.75, 3.05) is 12.3 Å². The van der Waals surface area contributed by atoms with Crippen LogP contribution in [0.5, 0.6) is 5.75 Å². The molecule has 1 heterocycles. The van der Waals surface area contributed by atoms with Crippen molar-refractivity contribution in [3.8, 4) is 5.75 Å². The van der Waals surface area contributed by atoms with Gasteiger partial charge in [-0.05, 0) is 31.6 Å². The van der Waals surface area contributed by atoms with Crippen LogP contribution in [0.4, 0.5) is 5.95 Å². The second-order valence-corrected chi connectivity index (χ2v) is 4.61. The van der Waals surface area contributed by atoms with E-state index in [1.54, 1.807) is 12.4 Å². The molecule has 0 spiro atoms. The largest absolute Gasteiger partial charge is 0.489 e. The zero-order chi connectivity index (χ0) is 14.5. The first kappa shape index (κ1) is 13.9. The van der Waals surface area contributed by atoms with E-state index >= 15 is 0 Å². The van der Waals surface area contributed by atoms with Gasteiger partial charge in [0.05, 0.1) is 18.1 Å². The minimum absolute atomic E-state index is 0.360. The van der Waals surface area contributed by atoms with Gasteiger partial charge in [0.1, 0.15) is 12.4 Å². The summed E-state index contributed by atoms with van der Waals surface area (Å²) in [6.07, 6.45) is 3.47. The molecule has 0 unspecified atom stereocenters. The lowest BCUT2D eigenvalue weighted by Crippen LogP contribution is -2.01. The maximum absolute atomic E-state index is 5.74. The zero-order valence-corrected chi connectivity index (χ0v) is 11.7. The fourth-order valence-corrected chi connectivity index (χ4v) is 1.64. The molecule has 0 bridgehead atoms. The molecule has 5 nitrogen and oxygen atoms in total. The fourth-order valence-electron chi connectivity index (χ4n) is 1.64. The van der Waals surface area contributed by atoms with E-state index in [0.717, 1.165) is 22.6 Å². The summed E-state index contributed by atoms with van der Waals surface area (Å²) in [6, 6.07) is 7.67. The summed E-state index contributed by atoms with van der Waals surface area (Å²) < 4.78 is 7.21. The molecule has 0 amide bonds. The first-order valence-corrected chi connectivity index (χ1v) is 6.28. The van der Waals surface area contributed by atoms with Gasteiger partial charge < -0.3 is 10.5 Å². The van der Waals surface area contributed by atoms with Gasteiger partial charge in [0, 0.05) is 5.56 Å². The average molecular weight is 270 g/mol. The van der Waals surface area contributed by atoms with Gasteiger partial charge in [-0.2, -0.15) is 5.10 Å². The molecule has 0 radical (unpaired) electrons. The van der Waals surface area contributed by atoms with Crippen LogP contribution in [0.2, 0.25) is 0 Å². The number of aromatic nitrogens is 2. The van der Waals surface area contributed by atoms with Crippen LogP contribution in [0.3, 0.4) is 0 Å². The molecule has 0 aliphatic heterocycles. The fraction of sp³-hybridized carbons (Fsp3) is 0.200. The molecule has 0 saturated heterocycles. The first-order chi connectivity index (χ1) is 9.56. The molecular weight excluding hydrogens is 252 g/mol. The minimum atomic E-state index is 0.360. The van der Waals surface area contributed by atoms with Crippen molar-refractivity contribution in [2.45, 2.75) is 13.8 Å². The third-order valence-electron chi connectivity index (χ3n) is 2.55. The highest BCUT2D eigenvalue weighted by Gasteiger charge is 2.02. The number of hydrogen-bond acceptors (Lipinski definition) is 4. The van der Waals surface area contributed by atoms with Gasteiger partial charge in [0.15, 0.2) is 0 Å². The van der Waals surface area contributed by atoms with Crippen LogP contribution in [0, 0.1) is 6.92 Å². The highest BCUT2D eigenvalue weighted by atomic mass is 16.5. The number of nitrogen functional groups attached to an aromatic ring is 1. The van der Waals surface area contributed by atoms with E-state index in [-0.39, 0.29) is 0 Å². The van der Waals surface area contributed by atoms with Gasteiger partial charge >= 0.3 is 0 Å². The van der Waals surface area contributed by atoms with Crippen LogP contribution in [-0.2, 0) is 0 Å². The van der Waals surface area contributed by atoms with Crippen molar-refractivity contribution in [1.29, 1.82) is 0 Å². The lowest BCUT2D eigenvalue weighted by Gasteiger charge is -2.08. The van der Waals surface area contributed by atoms with Gasteiger partial charge in [-0.25, -0.2) is 9.66 Å². The Kier molecular flexibility index (Phi) is 4.20. The predicted octanol–water partition coefficient (Wildman–Crippen LogP) is 2.61. The lowest BCUT2D eigenvalue weighted by atomic mass is 10.2. The third-order valence-corrected chi connectivity index (χ3v) is 2.55. The monoisotopic (exact) mass is 270 g/mol. The number of nitrogens with zero attached hydrogens (tertiary/aromatic N) is 3. The molecule has 20 heavy (non-hydrogen) atoms. The Morgan fingerprint density at radius 2 is 2.25 bits per heavy atom. The maximum Gasteiger partial charge on any atom is 0.221 e. The van der Waals surface area contributed by atoms with Crippen molar-refractivity contribution in [1.82, 2.24) is 9.66 Å². The van der Waals surface area contributed by atoms with E-state index < -0.39 is 0 Å².